The third-order valence-corrected chi connectivity index (χ3v) is 14.9. The predicted octanol–water partition coefficient (Wildman–Crippen LogP) is 10.0. The number of hydrogen-bond acceptors (Lipinski definition) is 9. The average Bonchev–Trinajstić information content (AvgIpc) is 3.06. The second-order valence-corrected chi connectivity index (χ2v) is 18.1. The average molecular weight is 646 g/mol. The molecule has 9 heteroatoms. The molecule has 4 saturated carbocycles. The van der Waals surface area contributed by atoms with Crippen molar-refractivity contribution in [3.05, 3.63) is 35.9 Å². The molecule has 0 spiro atoms. The monoisotopic (exact) mass is 645 g/mol. The predicted molar refractivity (Wildman–Crippen MR) is 189 cm³/mol. The lowest BCUT2D eigenvalue weighted by atomic mass is 10.0. The highest BCUT2D eigenvalue weighted by molar-refractivity contribution is 8.13. The Morgan fingerprint density at radius 3 is 1.67 bits per heavy atom. The van der Waals surface area contributed by atoms with Crippen LogP contribution in [0, 0.1) is 0 Å². The van der Waals surface area contributed by atoms with Crippen molar-refractivity contribution < 1.29 is 0 Å². The Bertz CT molecular complexity index is 995. The number of guanidine groups is 2. The lowest BCUT2D eigenvalue weighted by molar-refractivity contribution is 0.507. The molecule has 4 aliphatic carbocycles. The molecule has 0 saturated heterocycles. The standard InChI is InChI=1S/C33H51N5S4/c1-6-16-26(17-7-1)33(39-27-18-8-2-9-19-27)35-31(37-40-28-20-10-3-11-21-28)34-32(36-33)38(41-29-22-12-4-13-23-29)42-30-24-14-5-15-25-30/h1,6-7,16-17,27-30H,2-5,8-15,18-25H2,(H2,34,35,36,37). The fourth-order valence-corrected chi connectivity index (χ4v) is 12.5. The van der Waals surface area contributed by atoms with Crippen LogP contribution in [0.4, 0.5) is 0 Å². The molecule has 1 heterocycles. The van der Waals surface area contributed by atoms with Crippen LogP contribution in [0.5, 0.6) is 0 Å². The SMILES string of the molecule is c1ccc(C2(SC3CCCCC3)N=C(NSC3CCCCC3)NC(N(SC3CCCCC3)SC3CCCCC3)=N2)cc1. The van der Waals surface area contributed by atoms with E-state index in [-0.39, 0.29) is 0 Å². The van der Waals surface area contributed by atoms with E-state index < -0.39 is 4.99 Å². The summed E-state index contributed by atoms with van der Waals surface area (Å²) in [5, 5.41) is 6.36. The van der Waals surface area contributed by atoms with E-state index in [1.54, 1.807) is 0 Å². The first-order chi connectivity index (χ1) is 20.8. The zero-order valence-electron chi connectivity index (χ0n) is 25.3. The van der Waals surface area contributed by atoms with Crippen LogP contribution >= 0.6 is 47.6 Å². The Labute approximate surface area is 272 Å². The van der Waals surface area contributed by atoms with Crippen LogP contribution in [-0.4, -0.2) is 36.6 Å². The molecule has 1 aromatic rings. The van der Waals surface area contributed by atoms with Gasteiger partial charge in [-0.25, -0.2) is 13.7 Å². The maximum Gasteiger partial charge on any atom is 0.230 e. The van der Waals surface area contributed by atoms with E-state index in [0.717, 1.165) is 11.9 Å². The molecule has 232 valence electrons. The number of rotatable bonds is 9. The van der Waals surface area contributed by atoms with Crippen LogP contribution in [0.3, 0.4) is 0 Å². The van der Waals surface area contributed by atoms with E-state index in [0.29, 0.717) is 21.0 Å². The normalized spacial score (nSPS) is 27.1. The molecule has 0 aromatic heterocycles. The zero-order chi connectivity index (χ0) is 28.5. The van der Waals surface area contributed by atoms with E-state index in [1.807, 2.05) is 23.7 Å². The summed E-state index contributed by atoms with van der Waals surface area (Å²) in [6.45, 7) is 0. The molecule has 4 fully saturated rings. The second-order valence-electron chi connectivity index (χ2n) is 12.8. The summed E-state index contributed by atoms with van der Waals surface area (Å²) in [6.07, 6.45) is 26.7. The lowest BCUT2D eigenvalue weighted by Gasteiger charge is -2.39. The summed E-state index contributed by atoms with van der Waals surface area (Å²) in [7, 11) is 0. The topological polar surface area (TPSA) is 52.0 Å². The van der Waals surface area contributed by atoms with Gasteiger partial charge in [0.1, 0.15) is 0 Å². The number of thioether (sulfide) groups is 1. The maximum atomic E-state index is 5.67. The van der Waals surface area contributed by atoms with Crippen molar-refractivity contribution in [3.63, 3.8) is 0 Å². The van der Waals surface area contributed by atoms with Crippen molar-refractivity contribution in [2.45, 2.75) is 154 Å². The smallest absolute Gasteiger partial charge is 0.230 e. The van der Waals surface area contributed by atoms with Gasteiger partial charge in [0, 0.05) is 26.6 Å². The van der Waals surface area contributed by atoms with Crippen molar-refractivity contribution >= 4 is 59.5 Å². The third kappa shape index (κ3) is 8.75. The van der Waals surface area contributed by atoms with Gasteiger partial charge in [-0.15, -0.1) is 0 Å². The molecule has 42 heavy (non-hydrogen) atoms. The highest BCUT2D eigenvalue weighted by Gasteiger charge is 2.41. The van der Waals surface area contributed by atoms with Crippen LogP contribution in [-0.2, 0) is 4.99 Å². The van der Waals surface area contributed by atoms with Gasteiger partial charge in [-0.2, -0.15) is 0 Å². The first kappa shape index (κ1) is 31.3. The van der Waals surface area contributed by atoms with Crippen LogP contribution in [0.2, 0.25) is 0 Å². The van der Waals surface area contributed by atoms with Crippen molar-refractivity contribution in [2.24, 2.45) is 9.98 Å². The Hall–Kier alpha value is -0.640. The van der Waals surface area contributed by atoms with E-state index in [9.17, 15) is 0 Å². The van der Waals surface area contributed by atoms with Gasteiger partial charge >= 0.3 is 0 Å². The Morgan fingerprint density at radius 2 is 1.12 bits per heavy atom. The van der Waals surface area contributed by atoms with Gasteiger partial charge in [-0.1, -0.05) is 119 Å². The van der Waals surface area contributed by atoms with Crippen LogP contribution in [0.25, 0.3) is 0 Å². The Kier molecular flexibility index (Phi) is 12.0. The fourth-order valence-electron chi connectivity index (χ4n) is 7.00. The first-order valence-electron chi connectivity index (χ1n) is 17.0. The molecule has 5 aliphatic rings. The summed E-state index contributed by atoms with van der Waals surface area (Å²) in [6, 6.07) is 11.0. The van der Waals surface area contributed by atoms with Crippen LogP contribution < -0.4 is 10.0 Å². The minimum atomic E-state index is -0.669. The van der Waals surface area contributed by atoms with Crippen molar-refractivity contribution in [1.29, 1.82) is 0 Å². The number of nitrogens with one attached hydrogen (secondary N) is 2. The van der Waals surface area contributed by atoms with Gasteiger partial charge in [-0.05, 0) is 87.2 Å². The van der Waals surface area contributed by atoms with Gasteiger partial charge in [0.05, 0.1) is 0 Å². The van der Waals surface area contributed by atoms with Gasteiger partial charge in [0.15, 0.2) is 0 Å². The van der Waals surface area contributed by atoms with Crippen molar-refractivity contribution in [1.82, 2.24) is 13.7 Å². The molecule has 0 radical (unpaired) electrons. The summed E-state index contributed by atoms with van der Waals surface area (Å²) in [4.78, 5) is 10.5. The minimum absolute atomic E-state index is 0.587. The van der Waals surface area contributed by atoms with Crippen molar-refractivity contribution in [2.75, 3.05) is 0 Å². The molecule has 1 aliphatic heterocycles. The van der Waals surface area contributed by atoms with E-state index in [4.69, 9.17) is 9.98 Å². The van der Waals surface area contributed by atoms with Gasteiger partial charge in [0.25, 0.3) is 0 Å². The van der Waals surface area contributed by atoms with E-state index in [2.05, 4.69) is 68.0 Å². The minimum Gasteiger partial charge on any atom is -0.300 e. The number of hydrogen-bond donors (Lipinski definition) is 2. The summed E-state index contributed by atoms with van der Waals surface area (Å²) in [5.74, 6) is 1.89. The molecule has 5 nitrogen and oxygen atoms in total. The Morgan fingerprint density at radius 1 is 0.619 bits per heavy atom. The molecular formula is C33H51N5S4. The quantitative estimate of drug-likeness (QED) is 0.259. The molecule has 2 N–H and O–H groups in total. The second kappa shape index (κ2) is 16.1. The summed E-state index contributed by atoms with van der Waals surface area (Å²) >= 11 is 8.02. The number of nitrogens with zero attached hydrogens (tertiary/aromatic N) is 3. The van der Waals surface area contributed by atoms with Crippen molar-refractivity contribution in [3.8, 4) is 0 Å². The molecule has 1 unspecified atom stereocenters. The summed E-state index contributed by atoms with van der Waals surface area (Å²) < 4.78 is 6.28. The highest BCUT2D eigenvalue weighted by atomic mass is 32.2. The maximum absolute atomic E-state index is 5.67. The van der Waals surface area contributed by atoms with E-state index >= 15 is 0 Å². The Balaban J connectivity index is 1.33. The van der Waals surface area contributed by atoms with Crippen LogP contribution in [0.1, 0.15) is 134 Å². The molecule has 1 aromatic carbocycles. The molecule has 1 atom stereocenters. The largest absolute Gasteiger partial charge is 0.300 e. The van der Waals surface area contributed by atoms with Gasteiger partial charge in [-0.3, -0.25) is 10.0 Å². The molecular weight excluding hydrogens is 595 g/mol. The van der Waals surface area contributed by atoms with Crippen LogP contribution in [0.15, 0.2) is 40.3 Å². The molecule has 0 amide bonds. The fraction of sp³-hybridized carbons (Fsp3) is 0.758. The molecule has 0 bridgehead atoms. The molecule has 6 rings (SSSR count). The highest BCUT2D eigenvalue weighted by Crippen LogP contribution is 2.48. The summed E-state index contributed by atoms with van der Waals surface area (Å²) in [5.41, 5.74) is 1.20. The van der Waals surface area contributed by atoms with Gasteiger partial charge in [0.2, 0.25) is 16.9 Å². The number of aliphatic imine (C=N–C) groups is 2. The van der Waals surface area contributed by atoms with Gasteiger partial charge < -0.3 is 0 Å². The lowest BCUT2D eigenvalue weighted by Crippen LogP contribution is -2.50. The zero-order valence-corrected chi connectivity index (χ0v) is 28.6. The third-order valence-electron chi connectivity index (χ3n) is 9.43. The first-order valence-corrected chi connectivity index (χ1v) is 20.4. The van der Waals surface area contributed by atoms with E-state index in [1.165, 1.54) is 134 Å². The number of benzene rings is 1.